The Balaban J connectivity index is 1.65. The Morgan fingerprint density at radius 3 is 2.54 bits per heavy atom. The van der Waals surface area contributed by atoms with E-state index < -0.39 is 0 Å². The van der Waals surface area contributed by atoms with E-state index in [2.05, 4.69) is 5.10 Å². The molecule has 126 valence electrons. The zero-order valence-corrected chi connectivity index (χ0v) is 13.6. The van der Waals surface area contributed by atoms with Crippen LogP contribution in [0.3, 0.4) is 0 Å². The number of likely N-dealkylation sites (tertiary alicyclic amines) is 1. The average molecular weight is 327 g/mol. The summed E-state index contributed by atoms with van der Waals surface area (Å²) in [6, 6.07) is 12.3. The molecule has 1 aliphatic rings. The Morgan fingerprint density at radius 1 is 1.04 bits per heavy atom. The summed E-state index contributed by atoms with van der Waals surface area (Å²) in [5, 5.41) is 4.21. The van der Waals surface area contributed by atoms with Gasteiger partial charge in [0.1, 0.15) is 18.1 Å². The van der Waals surface area contributed by atoms with Gasteiger partial charge in [0.2, 0.25) is 0 Å². The van der Waals surface area contributed by atoms with Crippen molar-refractivity contribution < 1.29 is 9.53 Å². The van der Waals surface area contributed by atoms with Gasteiger partial charge in [-0.25, -0.2) is 4.68 Å². The summed E-state index contributed by atoms with van der Waals surface area (Å²) in [6.07, 6.45) is 3.21. The van der Waals surface area contributed by atoms with E-state index in [-0.39, 0.29) is 11.5 Å². The second-order valence-electron chi connectivity index (χ2n) is 5.79. The predicted octanol–water partition coefficient (Wildman–Crippen LogP) is 1.95. The zero-order chi connectivity index (χ0) is 16.8. The van der Waals surface area contributed by atoms with Crippen LogP contribution in [-0.2, 0) is 6.54 Å². The minimum absolute atomic E-state index is 0.104. The highest BCUT2D eigenvalue weighted by Gasteiger charge is 2.20. The molecule has 1 aromatic heterocycles. The summed E-state index contributed by atoms with van der Waals surface area (Å²) in [6.45, 7) is 2.14. The standard InChI is InChI=1S/C18H21N3O3/c22-17-10-9-16(18(23)20-11-5-2-6-12-20)19-21(17)13-14-24-15-7-3-1-4-8-15/h1,3-4,7-10H,2,5-6,11-14H2. The van der Waals surface area contributed by atoms with Crippen molar-refractivity contribution in [2.75, 3.05) is 19.7 Å². The van der Waals surface area contributed by atoms with E-state index in [0.29, 0.717) is 18.8 Å². The number of benzene rings is 1. The third kappa shape index (κ3) is 4.01. The van der Waals surface area contributed by atoms with Crippen LogP contribution in [0.25, 0.3) is 0 Å². The lowest BCUT2D eigenvalue weighted by Crippen LogP contribution is -2.37. The molecule has 0 N–H and O–H groups in total. The maximum Gasteiger partial charge on any atom is 0.274 e. The maximum atomic E-state index is 12.5. The largest absolute Gasteiger partial charge is 0.492 e. The normalized spacial score (nSPS) is 14.4. The minimum Gasteiger partial charge on any atom is -0.492 e. The van der Waals surface area contributed by atoms with Crippen molar-refractivity contribution in [1.29, 1.82) is 0 Å². The third-order valence-corrected chi connectivity index (χ3v) is 4.04. The molecule has 0 saturated carbocycles. The number of aromatic nitrogens is 2. The summed E-state index contributed by atoms with van der Waals surface area (Å²) < 4.78 is 6.88. The number of nitrogens with zero attached hydrogens (tertiary/aromatic N) is 3. The van der Waals surface area contributed by atoms with Crippen LogP contribution >= 0.6 is 0 Å². The van der Waals surface area contributed by atoms with Gasteiger partial charge in [0.05, 0.1) is 6.54 Å². The first kappa shape index (κ1) is 16.2. The molecule has 24 heavy (non-hydrogen) atoms. The van der Waals surface area contributed by atoms with Crippen LogP contribution in [-0.4, -0.2) is 40.3 Å². The Bertz CT molecular complexity index is 737. The Kier molecular flexibility index (Phi) is 5.25. The summed E-state index contributed by atoms with van der Waals surface area (Å²) >= 11 is 0. The van der Waals surface area contributed by atoms with Crippen LogP contribution in [0.1, 0.15) is 29.8 Å². The zero-order valence-electron chi connectivity index (χ0n) is 13.6. The molecule has 3 rings (SSSR count). The molecule has 6 heteroatoms. The average Bonchev–Trinajstić information content (AvgIpc) is 2.64. The molecule has 0 aliphatic carbocycles. The predicted molar refractivity (Wildman–Crippen MR) is 90.2 cm³/mol. The third-order valence-electron chi connectivity index (χ3n) is 4.04. The van der Waals surface area contributed by atoms with Crippen molar-refractivity contribution in [3.05, 3.63) is 58.5 Å². The van der Waals surface area contributed by atoms with Crippen LogP contribution in [0.2, 0.25) is 0 Å². The summed E-state index contributed by atoms with van der Waals surface area (Å²) in [7, 11) is 0. The van der Waals surface area contributed by atoms with Gasteiger partial charge in [-0.2, -0.15) is 5.10 Å². The highest BCUT2D eigenvalue weighted by atomic mass is 16.5. The molecule has 2 aromatic rings. The van der Waals surface area contributed by atoms with Gasteiger partial charge in [0, 0.05) is 19.2 Å². The first-order chi connectivity index (χ1) is 11.7. The maximum absolute atomic E-state index is 12.5. The van der Waals surface area contributed by atoms with Crippen molar-refractivity contribution in [2.45, 2.75) is 25.8 Å². The van der Waals surface area contributed by atoms with Gasteiger partial charge in [-0.1, -0.05) is 18.2 Å². The lowest BCUT2D eigenvalue weighted by atomic mass is 10.1. The van der Waals surface area contributed by atoms with E-state index in [4.69, 9.17) is 4.74 Å². The molecule has 6 nitrogen and oxygen atoms in total. The molecule has 1 aliphatic heterocycles. The van der Waals surface area contributed by atoms with Gasteiger partial charge in [0.25, 0.3) is 11.5 Å². The fourth-order valence-corrected chi connectivity index (χ4v) is 2.75. The molecule has 0 unspecified atom stereocenters. The number of piperidine rings is 1. The number of hydrogen-bond acceptors (Lipinski definition) is 4. The number of para-hydroxylation sites is 1. The molecular weight excluding hydrogens is 306 g/mol. The van der Waals surface area contributed by atoms with E-state index in [9.17, 15) is 9.59 Å². The number of rotatable bonds is 5. The van der Waals surface area contributed by atoms with Gasteiger partial charge in [0.15, 0.2) is 0 Å². The van der Waals surface area contributed by atoms with Crippen LogP contribution in [0.5, 0.6) is 5.75 Å². The lowest BCUT2D eigenvalue weighted by molar-refractivity contribution is 0.0715. The van der Waals surface area contributed by atoms with E-state index in [1.165, 1.54) is 16.8 Å². The Hall–Kier alpha value is -2.63. The van der Waals surface area contributed by atoms with Crippen LogP contribution in [0.15, 0.2) is 47.3 Å². The van der Waals surface area contributed by atoms with Gasteiger partial charge < -0.3 is 9.64 Å². The molecule has 0 spiro atoms. The number of carbonyl (C=O) groups excluding carboxylic acids is 1. The summed E-state index contributed by atoms with van der Waals surface area (Å²) in [4.78, 5) is 26.2. The number of hydrogen-bond donors (Lipinski definition) is 0. The topological polar surface area (TPSA) is 64.4 Å². The first-order valence-corrected chi connectivity index (χ1v) is 8.29. The molecule has 1 fully saturated rings. The van der Waals surface area contributed by atoms with E-state index >= 15 is 0 Å². The SMILES string of the molecule is O=C(c1ccc(=O)n(CCOc2ccccc2)n1)N1CCCCC1. The number of carbonyl (C=O) groups is 1. The smallest absolute Gasteiger partial charge is 0.274 e. The second-order valence-corrected chi connectivity index (χ2v) is 5.79. The van der Waals surface area contributed by atoms with Crippen LogP contribution in [0.4, 0.5) is 0 Å². The highest BCUT2D eigenvalue weighted by Crippen LogP contribution is 2.11. The van der Waals surface area contributed by atoms with E-state index in [0.717, 1.165) is 38.1 Å². The first-order valence-electron chi connectivity index (χ1n) is 8.29. The highest BCUT2D eigenvalue weighted by molar-refractivity contribution is 5.92. The molecule has 0 atom stereocenters. The molecule has 1 amide bonds. The molecular formula is C18H21N3O3. The molecule has 1 aromatic carbocycles. The van der Waals surface area contributed by atoms with Crippen LogP contribution in [0, 0.1) is 0 Å². The van der Waals surface area contributed by atoms with Gasteiger partial charge in [-0.05, 0) is 37.5 Å². The number of ether oxygens (including phenoxy) is 1. The fraction of sp³-hybridized carbons (Fsp3) is 0.389. The second kappa shape index (κ2) is 7.77. The molecule has 0 radical (unpaired) electrons. The van der Waals surface area contributed by atoms with Crippen molar-refractivity contribution in [3.8, 4) is 5.75 Å². The summed E-state index contributed by atoms with van der Waals surface area (Å²) in [5.41, 5.74) is 0.0815. The van der Waals surface area contributed by atoms with Gasteiger partial charge in [-0.3, -0.25) is 9.59 Å². The van der Waals surface area contributed by atoms with E-state index in [1.807, 2.05) is 30.3 Å². The monoisotopic (exact) mass is 327 g/mol. The van der Waals surface area contributed by atoms with E-state index in [1.54, 1.807) is 4.90 Å². The molecule has 2 heterocycles. The van der Waals surface area contributed by atoms with Gasteiger partial charge >= 0.3 is 0 Å². The minimum atomic E-state index is -0.234. The quantitative estimate of drug-likeness (QED) is 0.842. The van der Waals surface area contributed by atoms with Crippen molar-refractivity contribution in [3.63, 3.8) is 0 Å². The fourth-order valence-electron chi connectivity index (χ4n) is 2.75. The Morgan fingerprint density at radius 2 is 1.79 bits per heavy atom. The van der Waals surface area contributed by atoms with Crippen LogP contribution < -0.4 is 10.3 Å². The van der Waals surface area contributed by atoms with Crippen molar-refractivity contribution >= 4 is 5.91 Å². The lowest BCUT2D eigenvalue weighted by Gasteiger charge is -2.26. The Labute approximate surface area is 140 Å². The molecule has 0 bridgehead atoms. The van der Waals surface area contributed by atoms with Crippen molar-refractivity contribution in [1.82, 2.24) is 14.7 Å². The van der Waals surface area contributed by atoms with Crippen molar-refractivity contribution in [2.24, 2.45) is 0 Å². The number of amides is 1. The van der Waals surface area contributed by atoms with Gasteiger partial charge in [-0.15, -0.1) is 0 Å². The molecule has 1 saturated heterocycles. The summed E-state index contributed by atoms with van der Waals surface area (Å²) in [5.74, 6) is 0.638.